The fourth-order valence-electron chi connectivity index (χ4n) is 5.85. The van der Waals surface area contributed by atoms with Crippen LogP contribution in [0.3, 0.4) is 0 Å². The summed E-state index contributed by atoms with van der Waals surface area (Å²) in [5.41, 5.74) is 5.22. The molecule has 0 radical (unpaired) electrons. The van der Waals surface area contributed by atoms with Crippen molar-refractivity contribution in [2.24, 2.45) is 0 Å². The summed E-state index contributed by atoms with van der Waals surface area (Å²) in [4.78, 5) is 45.4. The molecule has 4 aromatic rings. The fourth-order valence-corrected chi connectivity index (χ4v) is 5.85. The van der Waals surface area contributed by atoms with Gasteiger partial charge < -0.3 is 30.0 Å². The van der Waals surface area contributed by atoms with Gasteiger partial charge in [-0.2, -0.15) is 0 Å². The molecule has 0 spiro atoms. The van der Waals surface area contributed by atoms with E-state index in [0.717, 1.165) is 33.3 Å². The first kappa shape index (κ1) is 25.5. The Kier molecular flexibility index (Phi) is 6.42. The van der Waals surface area contributed by atoms with Crippen LogP contribution in [0.2, 0.25) is 0 Å². The molecular weight excluding hydrogens is 508 g/mol. The van der Waals surface area contributed by atoms with E-state index in [2.05, 4.69) is 15.6 Å². The Morgan fingerprint density at radius 1 is 1.02 bits per heavy atom. The van der Waals surface area contributed by atoms with Gasteiger partial charge in [-0.25, -0.2) is 0 Å². The molecule has 0 saturated heterocycles. The van der Waals surface area contributed by atoms with Crippen LogP contribution in [-0.2, 0) is 22.6 Å². The molecule has 3 aromatic carbocycles. The van der Waals surface area contributed by atoms with Crippen molar-refractivity contribution >= 4 is 28.6 Å². The number of nitrogens with zero attached hydrogens (tertiary/aromatic N) is 1. The fraction of sp³-hybridized carbons (Fsp3) is 0.258. The molecule has 2 aliphatic rings. The summed E-state index contributed by atoms with van der Waals surface area (Å²) in [6.45, 7) is 1.89. The number of hydrogen-bond acceptors (Lipinski definition) is 5. The number of aromatic amines is 1. The molecule has 9 heteroatoms. The standard InChI is InChI=1S/C31H30N4O5/c1-17(29(36)32-16-18-12-13-25(39-2)26(14-18)40-3)33-30(37)24-15-22-19-8-6-7-11-23(19)34-27(22)28-20-9-4-5-10-21(20)31(38)35(24)28/h4-14,17,24,28,34H,15-16H2,1-3H3,(H,32,36)(H,33,37)/t17-,24-,28-/m0/s1. The molecule has 6 rings (SSSR count). The van der Waals surface area contributed by atoms with Crippen LogP contribution in [0.15, 0.2) is 66.7 Å². The number of amides is 3. The summed E-state index contributed by atoms with van der Waals surface area (Å²) in [5.74, 6) is 0.280. The highest BCUT2D eigenvalue weighted by molar-refractivity contribution is 6.04. The van der Waals surface area contributed by atoms with Gasteiger partial charge in [-0.1, -0.05) is 42.5 Å². The van der Waals surface area contributed by atoms with Gasteiger partial charge in [0, 0.05) is 35.1 Å². The predicted molar refractivity (Wildman–Crippen MR) is 149 cm³/mol. The Morgan fingerprint density at radius 3 is 2.58 bits per heavy atom. The van der Waals surface area contributed by atoms with Crippen LogP contribution in [0.1, 0.15) is 45.7 Å². The number of ether oxygens (including phenoxy) is 2. The van der Waals surface area contributed by atoms with E-state index >= 15 is 0 Å². The first-order valence-corrected chi connectivity index (χ1v) is 13.2. The highest BCUT2D eigenvalue weighted by Crippen LogP contribution is 2.46. The lowest BCUT2D eigenvalue weighted by atomic mass is 9.90. The van der Waals surface area contributed by atoms with Crippen molar-refractivity contribution in [2.75, 3.05) is 14.2 Å². The number of methoxy groups -OCH3 is 2. The van der Waals surface area contributed by atoms with Gasteiger partial charge in [-0.3, -0.25) is 14.4 Å². The number of fused-ring (bicyclic) bond motifs is 7. The van der Waals surface area contributed by atoms with Gasteiger partial charge in [0.25, 0.3) is 5.91 Å². The summed E-state index contributed by atoms with van der Waals surface area (Å²) in [7, 11) is 3.11. The van der Waals surface area contributed by atoms with Crippen LogP contribution in [0.5, 0.6) is 11.5 Å². The van der Waals surface area contributed by atoms with Gasteiger partial charge in [0.05, 0.1) is 20.3 Å². The SMILES string of the molecule is COc1ccc(CNC(=O)[C@H](C)NC(=O)[C@@H]2Cc3c([nH]c4ccccc34)[C@@H]3c4ccccc4C(=O)N32)cc1OC. The van der Waals surface area contributed by atoms with Gasteiger partial charge in [0.1, 0.15) is 12.1 Å². The normalized spacial score (nSPS) is 18.0. The van der Waals surface area contributed by atoms with E-state index in [1.54, 1.807) is 44.2 Å². The van der Waals surface area contributed by atoms with Crippen LogP contribution in [0.4, 0.5) is 0 Å². The second kappa shape index (κ2) is 10.1. The number of carbonyl (C=O) groups is 3. The molecule has 9 nitrogen and oxygen atoms in total. The minimum Gasteiger partial charge on any atom is -0.493 e. The lowest BCUT2D eigenvalue weighted by Gasteiger charge is -2.37. The average molecular weight is 539 g/mol. The Bertz CT molecular complexity index is 1640. The monoisotopic (exact) mass is 538 g/mol. The van der Waals surface area contributed by atoms with Crippen LogP contribution in [-0.4, -0.2) is 53.9 Å². The molecule has 0 fully saturated rings. The zero-order valence-electron chi connectivity index (χ0n) is 22.5. The molecule has 3 N–H and O–H groups in total. The van der Waals surface area contributed by atoms with Crippen molar-refractivity contribution < 1.29 is 23.9 Å². The quantitative estimate of drug-likeness (QED) is 0.334. The van der Waals surface area contributed by atoms with Crippen LogP contribution >= 0.6 is 0 Å². The number of rotatable bonds is 7. The summed E-state index contributed by atoms with van der Waals surface area (Å²) in [6, 6.07) is 18.9. The van der Waals surface area contributed by atoms with Crippen molar-refractivity contribution in [3.05, 3.63) is 94.7 Å². The molecule has 0 bridgehead atoms. The topological polar surface area (TPSA) is 113 Å². The van der Waals surface area contributed by atoms with Crippen molar-refractivity contribution in [3.8, 4) is 11.5 Å². The van der Waals surface area contributed by atoms with E-state index in [1.807, 2.05) is 48.5 Å². The van der Waals surface area contributed by atoms with E-state index < -0.39 is 18.1 Å². The molecule has 0 unspecified atom stereocenters. The number of H-pyrrole nitrogens is 1. The largest absolute Gasteiger partial charge is 0.493 e. The van der Waals surface area contributed by atoms with E-state index in [1.165, 1.54) is 0 Å². The Balaban J connectivity index is 1.22. The maximum atomic E-state index is 13.7. The first-order valence-electron chi connectivity index (χ1n) is 13.2. The van der Waals surface area contributed by atoms with Crippen molar-refractivity contribution in [1.82, 2.24) is 20.5 Å². The molecule has 0 saturated carbocycles. The van der Waals surface area contributed by atoms with Crippen LogP contribution < -0.4 is 20.1 Å². The predicted octanol–water partition coefficient (Wildman–Crippen LogP) is 3.48. The van der Waals surface area contributed by atoms with Gasteiger partial charge in [-0.15, -0.1) is 0 Å². The Hall–Kier alpha value is -4.79. The van der Waals surface area contributed by atoms with Gasteiger partial charge >= 0.3 is 0 Å². The molecule has 2 aliphatic heterocycles. The first-order chi connectivity index (χ1) is 19.4. The second-order valence-corrected chi connectivity index (χ2v) is 10.1. The lowest BCUT2D eigenvalue weighted by molar-refractivity contribution is -0.131. The Labute approximate surface area is 231 Å². The number of aromatic nitrogens is 1. The van der Waals surface area contributed by atoms with E-state index in [4.69, 9.17) is 9.47 Å². The van der Waals surface area contributed by atoms with E-state index in [0.29, 0.717) is 23.5 Å². The highest BCUT2D eigenvalue weighted by atomic mass is 16.5. The zero-order chi connectivity index (χ0) is 28.0. The van der Waals surface area contributed by atoms with Crippen molar-refractivity contribution in [2.45, 2.75) is 38.0 Å². The lowest BCUT2D eigenvalue weighted by Crippen LogP contribution is -2.55. The molecular formula is C31H30N4O5. The third-order valence-electron chi connectivity index (χ3n) is 7.82. The van der Waals surface area contributed by atoms with Gasteiger partial charge in [-0.05, 0) is 47.9 Å². The molecule has 3 amide bonds. The minimum absolute atomic E-state index is 0.185. The number of carbonyl (C=O) groups excluding carboxylic acids is 3. The summed E-state index contributed by atoms with van der Waals surface area (Å²) >= 11 is 0. The summed E-state index contributed by atoms with van der Waals surface area (Å²) in [5, 5.41) is 6.76. The van der Waals surface area contributed by atoms with E-state index in [9.17, 15) is 14.4 Å². The number of hydrogen-bond donors (Lipinski definition) is 3. The average Bonchev–Trinajstić information content (AvgIpc) is 3.50. The molecule has 204 valence electrons. The number of nitrogens with one attached hydrogen (secondary N) is 3. The number of benzene rings is 3. The molecule has 3 heterocycles. The Morgan fingerprint density at radius 2 is 1.77 bits per heavy atom. The van der Waals surface area contributed by atoms with E-state index in [-0.39, 0.29) is 24.3 Å². The zero-order valence-corrected chi connectivity index (χ0v) is 22.5. The number of para-hydroxylation sites is 1. The maximum Gasteiger partial charge on any atom is 0.255 e. The van der Waals surface area contributed by atoms with Gasteiger partial charge in [0.15, 0.2) is 11.5 Å². The minimum atomic E-state index is -0.810. The summed E-state index contributed by atoms with van der Waals surface area (Å²) in [6.07, 6.45) is 0.349. The van der Waals surface area contributed by atoms with Gasteiger partial charge in [0.2, 0.25) is 11.8 Å². The maximum absolute atomic E-state index is 13.7. The molecule has 0 aliphatic carbocycles. The molecule has 3 atom stereocenters. The third-order valence-corrected chi connectivity index (χ3v) is 7.82. The summed E-state index contributed by atoms with van der Waals surface area (Å²) < 4.78 is 10.6. The van der Waals surface area contributed by atoms with Crippen LogP contribution in [0.25, 0.3) is 10.9 Å². The second-order valence-electron chi connectivity index (χ2n) is 10.1. The molecule has 40 heavy (non-hydrogen) atoms. The molecule has 1 aromatic heterocycles. The van der Waals surface area contributed by atoms with Crippen molar-refractivity contribution in [3.63, 3.8) is 0 Å². The smallest absolute Gasteiger partial charge is 0.255 e. The van der Waals surface area contributed by atoms with Crippen LogP contribution in [0, 0.1) is 0 Å². The van der Waals surface area contributed by atoms with Crippen molar-refractivity contribution in [1.29, 1.82) is 0 Å². The third kappa shape index (κ3) is 4.14. The highest BCUT2D eigenvalue weighted by Gasteiger charge is 2.49.